The normalized spacial score (nSPS) is 27.3. The maximum Gasteiger partial charge on any atom is 0.307 e. The first-order valence-corrected chi connectivity index (χ1v) is 8.95. The number of hydrogen-bond donors (Lipinski definition) is 0. The highest BCUT2D eigenvalue weighted by Crippen LogP contribution is 2.46. The van der Waals surface area contributed by atoms with Gasteiger partial charge < -0.3 is 14.4 Å². The van der Waals surface area contributed by atoms with Gasteiger partial charge in [-0.2, -0.15) is 0 Å². The topological polar surface area (TPSA) is 59.1 Å². The van der Waals surface area contributed by atoms with Gasteiger partial charge in [-0.25, -0.2) is 0 Å². The lowest BCUT2D eigenvalue weighted by molar-refractivity contribution is -0.151. The lowest BCUT2D eigenvalue weighted by Crippen LogP contribution is -2.48. The monoisotopic (exact) mass is 324 g/mol. The van der Waals surface area contributed by atoms with Gasteiger partial charge in [0.25, 0.3) is 0 Å². The lowest BCUT2D eigenvalue weighted by atomic mass is 9.84. The molecule has 3 rings (SSSR count). The lowest BCUT2D eigenvalue weighted by Gasteiger charge is -2.34. The summed E-state index contributed by atoms with van der Waals surface area (Å²) in [6, 6.07) is 0. The fraction of sp³-hybridized carbons (Fsp3) is 0.882. The molecule has 0 radical (unpaired) electrons. The van der Waals surface area contributed by atoms with E-state index in [1.165, 1.54) is 0 Å². The average Bonchev–Trinajstić information content (AvgIpc) is 3.16. The van der Waals surface area contributed by atoms with Gasteiger partial charge in [-0.15, -0.1) is 0 Å². The van der Waals surface area contributed by atoms with E-state index in [1.807, 2.05) is 11.8 Å². The molecule has 130 valence electrons. The van der Waals surface area contributed by atoms with Gasteiger partial charge in [-0.05, 0) is 32.6 Å². The Morgan fingerprint density at radius 2 is 2.00 bits per heavy atom. The van der Waals surface area contributed by atoms with E-state index in [0.29, 0.717) is 6.54 Å². The van der Waals surface area contributed by atoms with Crippen molar-refractivity contribution >= 4 is 11.9 Å². The Morgan fingerprint density at radius 1 is 1.30 bits per heavy atom. The van der Waals surface area contributed by atoms with Crippen molar-refractivity contribution in [2.75, 3.05) is 45.9 Å². The van der Waals surface area contributed by atoms with Crippen LogP contribution in [-0.2, 0) is 19.1 Å². The molecule has 6 nitrogen and oxygen atoms in total. The molecule has 2 heterocycles. The molecule has 1 saturated carbocycles. The summed E-state index contributed by atoms with van der Waals surface area (Å²) in [7, 11) is 0. The van der Waals surface area contributed by atoms with Gasteiger partial charge in [0.1, 0.15) is 5.60 Å². The quantitative estimate of drug-likeness (QED) is 0.707. The summed E-state index contributed by atoms with van der Waals surface area (Å²) in [4.78, 5) is 29.1. The highest BCUT2D eigenvalue weighted by Gasteiger charge is 2.54. The summed E-state index contributed by atoms with van der Waals surface area (Å²) >= 11 is 0. The number of esters is 1. The number of amides is 1. The molecule has 1 spiro atoms. The summed E-state index contributed by atoms with van der Waals surface area (Å²) in [5.74, 6) is -0.370. The van der Waals surface area contributed by atoms with Crippen LogP contribution in [0.25, 0.3) is 0 Å². The van der Waals surface area contributed by atoms with E-state index in [1.54, 1.807) is 0 Å². The van der Waals surface area contributed by atoms with Crippen molar-refractivity contribution in [2.24, 2.45) is 5.92 Å². The minimum Gasteiger partial charge on any atom is -0.458 e. The molecular formula is C17H28N2O4. The number of likely N-dealkylation sites (N-methyl/N-ethyl adjacent to an activating group) is 1. The largest absolute Gasteiger partial charge is 0.458 e. The van der Waals surface area contributed by atoms with E-state index >= 15 is 0 Å². The number of nitrogens with zero attached hydrogens (tertiary/aromatic N) is 2. The molecule has 0 N–H and O–H groups in total. The van der Waals surface area contributed by atoms with E-state index in [4.69, 9.17) is 9.47 Å². The third-order valence-electron chi connectivity index (χ3n) is 5.55. The van der Waals surface area contributed by atoms with Crippen LogP contribution < -0.4 is 0 Å². The number of carbonyl (C=O) groups is 2. The van der Waals surface area contributed by atoms with Gasteiger partial charge in [-0.3, -0.25) is 14.5 Å². The van der Waals surface area contributed by atoms with Crippen molar-refractivity contribution in [3.8, 4) is 0 Å². The number of morpholine rings is 1. The Hall–Kier alpha value is -1.14. The van der Waals surface area contributed by atoms with E-state index < -0.39 is 5.60 Å². The average molecular weight is 324 g/mol. The van der Waals surface area contributed by atoms with Crippen LogP contribution >= 0.6 is 0 Å². The van der Waals surface area contributed by atoms with Crippen molar-refractivity contribution in [1.82, 2.24) is 9.80 Å². The number of carbonyl (C=O) groups excluding carboxylic acids is 2. The summed E-state index contributed by atoms with van der Waals surface area (Å²) in [5, 5.41) is 0. The highest BCUT2D eigenvalue weighted by molar-refractivity contribution is 5.88. The van der Waals surface area contributed by atoms with Gasteiger partial charge in [0.05, 0.1) is 25.6 Å². The SMILES string of the molecule is CCN(CCN1CCOCC1)C(=O)C1CC(=O)OC12CCCC2. The minimum atomic E-state index is -0.499. The Morgan fingerprint density at radius 3 is 2.65 bits per heavy atom. The van der Waals surface area contributed by atoms with Gasteiger partial charge in [0.2, 0.25) is 5.91 Å². The third-order valence-corrected chi connectivity index (χ3v) is 5.55. The van der Waals surface area contributed by atoms with Crippen LogP contribution in [0.5, 0.6) is 0 Å². The predicted octanol–water partition coefficient (Wildman–Crippen LogP) is 1.04. The van der Waals surface area contributed by atoms with Crippen molar-refractivity contribution in [1.29, 1.82) is 0 Å². The van der Waals surface area contributed by atoms with E-state index in [2.05, 4.69) is 4.90 Å². The standard InChI is InChI=1S/C17H28N2O4/c1-2-19(8-7-18-9-11-22-12-10-18)16(21)14-13-15(20)23-17(14)5-3-4-6-17/h14H,2-13H2,1H3. The van der Waals surface area contributed by atoms with Crippen LogP contribution in [0.1, 0.15) is 39.0 Å². The molecule has 3 fully saturated rings. The molecule has 0 aromatic heterocycles. The number of ether oxygens (including phenoxy) is 2. The third kappa shape index (κ3) is 3.53. The van der Waals surface area contributed by atoms with Gasteiger partial charge in [0, 0.05) is 32.7 Å². The Kier molecular flexibility index (Phi) is 5.21. The summed E-state index contributed by atoms with van der Waals surface area (Å²) < 4.78 is 11.0. The molecule has 1 atom stereocenters. The van der Waals surface area contributed by atoms with E-state index in [0.717, 1.165) is 65.1 Å². The van der Waals surface area contributed by atoms with Gasteiger partial charge in [-0.1, -0.05) is 0 Å². The molecule has 0 aromatic carbocycles. The van der Waals surface area contributed by atoms with Crippen LogP contribution in [0.4, 0.5) is 0 Å². The molecule has 3 aliphatic rings. The number of hydrogen-bond acceptors (Lipinski definition) is 5. The molecule has 23 heavy (non-hydrogen) atoms. The molecular weight excluding hydrogens is 296 g/mol. The predicted molar refractivity (Wildman–Crippen MR) is 84.9 cm³/mol. The summed E-state index contributed by atoms with van der Waals surface area (Å²) in [5.41, 5.74) is -0.499. The number of rotatable bonds is 5. The molecule has 1 unspecified atom stereocenters. The second-order valence-corrected chi connectivity index (χ2v) is 6.87. The second-order valence-electron chi connectivity index (χ2n) is 6.87. The Bertz CT molecular complexity index is 442. The zero-order valence-electron chi connectivity index (χ0n) is 14.1. The van der Waals surface area contributed by atoms with Gasteiger partial charge >= 0.3 is 5.97 Å². The second kappa shape index (κ2) is 7.18. The van der Waals surface area contributed by atoms with Crippen LogP contribution in [0.3, 0.4) is 0 Å². The Labute approximate surface area is 138 Å². The molecule has 2 aliphatic heterocycles. The Balaban J connectivity index is 1.60. The maximum absolute atomic E-state index is 13.0. The van der Waals surface area contributed by atoms with E-state index in [-0.39, 0.29) is 24.2 Å². The molecule has 1 amide bonds. The van der Waals surface area contributed by atoms with Crippen molar-refractivity contribution in [3.05, 3.63) is 0 Å². The fourth-order valence-electron chi connectivity index (χ4n) is 4.16. The summed E-state index contributed by atoms with van der Waals surface area (Å²) in [6.07, 6.45) is 4.05. The van der Waals surface area contributed by atoms with E-state index in [9.17, 15) is 9.59 Å². The molecule has 0 bridgehead atoms. The maximum atomic E-state index is 13.0. The molecule has 1 aliphatic carbocycles. The highest BCUT2D eigenvalue weighted by atomic mass is 16.6. The van der Waals surface area contributed by atoms with Crippen molar-refractivity contribution in [2.45, 2.75) is 44.6 Å². The first-order chi connectivity index (χ1) is 11.1. The molecule has 2 saturated heterocycles. The zero-order valence-corrected chi connectivity index (χ0v) is 14.1. The minimum absolute atomic E-state index is 0.105. The first kappa shape index (κ1) is 16.7. The zero-order chi connectivity index (χ0) is 16.3. The molecule has 0 aromatic rings. The van der Waals surface area contributed by atoms with Crippen molar-refractivity contribution < 1.29 is 19.1 Å². The van der Waals surface area contributed by atoms with Crippen LogP contribution in [0.15, 0.2) is 0 Å². The fourth-order valence-corrected chi connectivity index (χ4v) is 4.16. The summed E-state index contributed by atoms with van der Waals surface area (Å²) in [6.45, 7) is 7.69. The van der Waals surface area contributed by atoms with Crippen LogP contribution in [-0.4, -0.2) is 73.2 Å². The molecule has 6 heteroatoms. The first-order valence-electron chi connectivity index (χ1n) is 8.95. The van der Waals surface area contributed by atoms with Gasteiger partial charge in [0.15, 0.2) is 0 Å². The van der Waals surface area contributed by atoms with Crippen molar-refractivity contribution in [3.63, 3.8) is 0 Å². The smallest absolute Gasteiger partial charge is 0.307 e. The van der Waals surface area contributed by atoms with Crippen LogP contribution in [0, 0.1) is 5.92 Å². The van der Waals surface area contributed by atoms with Crippen LogP contribution in [0.2, 0.25) is 0 Å².